The summed E-state index contributed by atoms with van der Waals surface area (Å²) in [6.07, 6.45) is 92.0. The van der Waals surface area contributed by atoms with Gasteiger partial charge in [-0.1, -0.05) is 378 Å². The first-order valence-electron chi connectivity index (χ1n) is 37.1. The predicted octanol–water partition coefficient (Wildman–Crippen LogP) is 25.7. The van der Waals surface area contributed by atoms with Crippen LogP contribution >= 0.6 is 0 Å². The molecule has 486 valence electrons. The van der Waals surface area contributed by atoms with Gasteiger partial charge in [0.2, 0.25) is 0 Å². The van der Waals surface area contributed by atoms with Gasteiger partial charge in [0.15, 0.2) is 6.10 Å². The quantitative estimate of drug-likeness (QED) is 0.0261. The molecule has 0 aromatic carbocycles. The second-order valence-corrected chi connectivity index (χ2v) is 25.2. The Labute approximate surface area is 518 Å². The number of esters is 3. The zero-order chi connectivity index (χ0) is 59.9. The summed E-state index contributed by atoms with van der Waals surface area (Å²) in [5.74, 6) is -0.842. The lowest BCUT2D eigenvalue weighted by Gasteiger charge is -2.18. The Morgan fingerprint density at radius 3 is 0.735 bits per heavy atom. The Morgan fingerprint density at radius 1 is 0.253 bits per heavy atom. The molecule has 6 heteroatoms. The van der Waals surface area contributed by atoms with Gasteiger partial charge in [0.05, 0.1) is 0 Å². The lowest BCUT2D eigenvalue weighted by Crippen LogP contribution is -2.30. The Balaban J connectivity index is 3.96. The van der Waals surface area contributed by atoms with Crippen LogP contribution in [0.4, 0.5) is 0 Å². The molecular formula is C77H142O6. The number of ether oxygens (including phenoxy) is 3. The summed E-state index contributed by atoms with van der Waals surface area (Å²) in [4.78, 5) is 38.2. The summed E-state index contributed by atoms with van der Waals surface area (Å²) in [6, 6.07) is 0. The van der Waals surface area contributed by atoms with E-state index in [-0.39, 0.29) is 31.1 Å². The Kier molecular flexibility index (Phi) is 69.6. The first-order valence-corrected chi connectivity index (χ1v) is 37.1. The molecule has 0 aromatic rings. The van der Waals surface area contributed by atoms with Crippen LogP contribution in [0, 0.1) is 0 Å². The molecule has 0 aliphatic carbocycles. The van der Waals surface area contributed by atoms with Crippen molar-refractivity contribution in [2.75, 3.05) is 13.2 Å². The van der Waals surface area contributed by atoms with Crippen LogP contribution in [0.25, 0.3) is 0 Å². The zero-order valence-electron chi connectivity index (χ0n) is 56.0. The van der Waals surface area contributed by atoms with E-state index < -0.39 is 6.10 Å². The van der Waals surface area contributed by atoms with Crippen LogP contribution in [0.15, 0.2) is 48.6 Å². The first kappa shape index (κ1) is 80.4. The highest BCUT2D eigenvalue weighted by molar-refractivity contribution is 5.71. The predicted molar refractivity (Wildman–Crippen MR) is 362 cm³/mol. The minimum atomic E-state index is -0.766. The average molecular weight is 1160 g/mol. The van der Waals surface area contributed by atoms with Gasteiger partial charge >= 0.3 is 17.9 Å². The molecule has 0 aliphatic rings. The fourth-order valence-corrected chi connectivity index (χ4v) is 11.3. The molecule has 0 bridgehead atoms. The average Bonchev–Trinajstić information content (AvgIpc) is 3.50. The largest absolute Gasteiger partial charge is 0.462 e. The minimum absolute atomic E-state index is 0.0654. The molecule has 0 spiro atoms. The fourth-order valence-electron chi connectivity index (χ4n) is 11.3. The van der Waals surface area contributed by atoms with Crippen molar-refractivity contribution in [1.29, 1.82) is 0 Å². The molecule has 0 aliphatic heterocycles. The summed E-state index contributed by atoms with van der Waals surface area (Å²) < 4.78 is 16.9. The molecule has 0 rings (SSSR count). The van der Waals surface area contributed by atoms with Crippen molar-refractivity contribution in [3.05, 3.63) is 48.6 Å². The third kappa shape index (κ3) is 70.0. The van der Waals surface area contributed by atoms with Crippen molar-refractivity contribution < 1.29 is 28.6 Å². The first-order chi connectivity index (χ1) is 41.0. The zero-order valence-corrected chi connectivity index (χ0v) is 56.0. The van der Waals surface area contributed by atoms with Gasteiger partial charge in [0.1, 0.15) is 13.2 Å². The van der Waals surface area contributed by atoms with Crippen molar-refractivity contribution in [3.8, 4) is 0 Å². The maximum atomic E-state index is 12.9. The van der Waals surface area contributed by atoms with E-state index in [0.29, 0.717) is 19.3 Å². The highest BCUT2D eigenvalue weighted by Crippen LogP contribution is 2.19. The van der Waals surface area contributed by atoms with Crippen LogP contribution in [0.1, 0.15) is 406 Å². The van der Waals surface area contributed by atoms with E-state index >= 15 is 0 Å². The summed E-state index contributed by atoms with van der Waals surface area (Å²) in [6.45, 7) is 6.56. The Morgan fingerprint density at radius 2 is 0.470 bits per heavy atom. The lowest BCUT2D eigenvalue weighted by molar-refractivity contribution is -0.167. The Hall–Kier alpha value is -2.63. The molecular weight excluding hydrogens is 1020 g/mol. The molecule has 1 atom stereocenters. The van der Waals surface area contributed by atoms with E-state index in [0.717, 1.165) is 83.5 Å². The minimum Gasteiger partial charge on any atom is -0.462 e. The van der Waals surface area contributed by atoms with Crippen molar-refractivity contribution in [1.82, 2.24) is 0 Å². The summed E-state index contributed by atoms with van der Waals surface area (Å²) in [5.41, 5.74) is 0. The molecule has 0 aromatic heterocycles. The van der Waals surface area contributed by atoms with Crippen LogP contribution in [-0.2, 0) is 28.6 Å². The standard InChI is InChI=1S/C77H142O6/c1-4-7-10-13-16-18-20-22-24-26-28-30-32-34-35-36-37-38-39-40-41-43-44-46-48-50-52-54-56-58-61-64-67-70-76(79)82-73-74(72-81-75(78)69-66-63-60-15-12-9-6-3)83-77(80)71-68-65-62-59-57-55-53-51-49-47-45-42-33-31-29-27-25-23-21-19-17-14-11-8-5-2/h7,10,16,18,22,24,28,30,74H,4-6,8-9,11-15,17,19-21,23,25-27,29,31-73H2,1-3H3/b10-7-,18-16-,24-22-,30-28-. The third-order valence-electron chi connectivity index (χ3n) is 16.8. The third-order valence-corrected chi connectivity index (χ3v) is 16.8. The van der Waals surface area contributed by atoms with Gasteiger partial charge in [-0.15, -0.1) is 0 Å². The number of carbonyl (C=O) groups excluding carboxylic acids is 3. The number of unbranched alkanes of at least 4 members (excludes halogenated alkanes) is 50. The van der Waals surface area contributed by atoms with Gasteiger partial charge in [0.25, 0.3) is 0 Å². The molecule has 0 radical (unpaired) electrons. The summed E-state index contributed by atoms with van der Waals surface area (Å²) in [7, 11) is 0. The number of rotatable bonds is 69. The maximum absolute atomic E-state index is 12.9. The van der Waals surface area contributed by atoms with E-state index in [1.165, 1.54) is 283 Å². The molecule has 6 nitrogen and oxygen atoms in total. The van der Waals surface area contributed by atoms with Gasteiger partial charge in [-0.05, 0) is 57.8 Å². The van der Waals surface area contributed by atoms with Gasteiger partial charge < -0.3 is 14.2 Å². The fraction of sp³-hybridized carbons (Fsp3) is 0.857. The molecule has 0 fully saturated rings. The van der Waals surface area contributed by atoms with E-state index in [2.05, 4.69) is 69.4 Å². The molecule has 0 N–H and O–H groups in total. The lowest BCUT2D eigenvalue weighted by atomic mass is 10.0. The number of hydrogen-bond donors (Lipinski definition) is 0. The van der Waals surface area contributed by atoms with Gasteiger partial charge in [-0.25, -0.2) is 0 Å². The highest BCUT2D eigenvalue weighted by Gasteiger charge is 2.20. The smallest absolute Gasteiger partial charge is 0.306 e. The molecule has 0 heterocycles. The van der Waals surface area contributed by atoms with Gasteiger partial charge in [-0.3, -0.25) is 14.4 Å². The molecule has 0 amide bonds. The van der Waals surface area contributed by atoms with Crippen LogP contribution in [-0.4, -0.2) is 37.2 Å². The van der Waals surface area contributed by atoms with Crippen LogP contribution < -0.4 is 0 Å². The maximum Gasteiger partial charge on any atom is 0.306 e. The van der Waals surface area contributed by atoms with E-state index in [9.17, 15) is 14.4 Å². The number of hydrogen-bond acceptors (Lipinski definition) is 6. The molecule has 0 saturated carbocycles. The summed E-state index contributed by atoms with van der Waals surface area (Å²) >= 11 is 0. The van der Waals surface area contributed by atoms with E-state index in [1.807, 2.05) is 0 Å². The molecule has 0 saturated heterocycles. The monoisotopic (exact) mass is 1160 g/mol. The van der Waals surface area contributed by atoms with Gasteiger partial charge in [0, 0.05) is 19.3 Å². The van der Waals surface area contributed by atoms with E-state index in [1.54, 1.807) is 0 Å². The van der Waals surface area contributed by atoms with Gasteiger partial charge in [-0.2, -0.15) is 0 Å². The Bertz CT molecular complexity index is 1430. The van der Waals surface area contributed by atoms with Crippen LogP contribution in [0.5, 0.6) is 0 Å². The van der Waals surface area contributed by atoms with Crippen molar-refractivity contribution >= 4 is 17.9 Å². The number of allylic oxidation sites excluding steroid dienone is 8. The van der Waals surface area contributed by atoms with Crippen molar-refractivity contribution in [2.24, 2.45) is 0 Å². The van der Waals surface area contributed by atoms with Crippen LogP contribution in [0.3, 0.4) is 0 Å². The number of carbonyl (C=O) groups is 3. The van der Waals surface area contributed by atoms with Crippen LogP contribution in [0.2, 0.25) is 0 Å². The molecule has 1 unspecified atom stereocenters. The normalized spacial score (nSPS) is 12.3. The van der Waals surface area contributed by atoms with Crippen molar-refractivity contribution in [2.45, 2.75) is 412 Å². The summed E-state index contributed by atoms with van der Waals surface area (Å²) in [5, 5.41) is 0. The molecule has 83 heavy (non-hydrogen) atoms. The second kappa shape index (κ2) is 71.8. The SMILES string of the molecule is CC/C=C\C/C=C\C/C=C\C/C=C\CCCCCCCCCCCCCCCCCCCCCCC(=O)OCC(COC(=O)CCCCCCCCC)OC(=O)CCCCCCCCCCCCCCCCCCCCCCCCCCC. The topological polar surface area (TPSA) is 78.9 Å². The van der Waals surface area contributed by atoms with E-state index in [4.69, 9.17) is 14.2 Å². The van der Waals surface area contributed by atoms with Crippen molar-refractivity contribution in [3.63, 3.8) is 0 Å². The highest BCUT2D eigenvalue weighted by atomic mass is 16.6. The second-order valence-electron chi connectivity index (χ2n) is 25.2.